The van der Waals surface area contributed by atoms with Crippen LogP contribution in [0.3, 0.4) is 0 Å². The molecule has 6 nitrogen and oxygen atoms in total. The number of nitrogens with zero attached hydrogens (tertiary/aromatic N) is 1. The zero-order valence-corrected chi connectivity index (χ0v) is 16.4. The van der Waals surface area contributed by atoms with Crippen LogP contribution in [-0.2, 0) is 19.4 Å². The van der Waals surface area contributed by atoms with Crippen LogP contribution in [-0.4, -0.2) is 33.8 Å². The van der Waals surface area contributed by atoms with E-state index in [1.807, 2.05) is 6.92 Å². The number of H-pyrrole nitrogens is 1. The zero-order valence-electron chi connectivity index (χ0n) is 16.4. The van der Waals surface area contributed by atoms with E-state index < -0.39 is 12.0 Å². The van der Waals surface area contributed by atoms with Gasteiger partial charge in [-0.2, -0.15) is 0 Å². The lowest BCUT2D eigenvalue weighted by atomic mass is 9.72. The first-order valence-corrected chi connectivity index (χ1v) is 10.5. The summed E-state index contributed by atoms with van der Waals surface area (Å²) in [5.74, 6) is -0.491. The number of hydrogen-bond donors (Lipinski definition) is 5. The Morgan fingerprint density at radius 2 is 2.10 bits per heavy atom. The molecule has 0 amide bonds. The molecule has 3 heterocycles. The van der Waals surface area contributed by atoms with E-state index in [-0.39, 0.29) is 29.7 Å². The van der Waals surface area contributed by atoms with Gasteiger partial charge in [0.25, 0.3) is 0 Å². The molecule has 1 aromatic heterocycles. The van der Waals surface area contributed by atoms with Crippen molar-refractivity contribution in [2.24, 2.45) is 5.92 Å². The first-order valence-electron chi connectivity index (χ1n) is 10.5. The molecule has 2 aliphatic heterocycles. The van der Waals surface area contributed by atoms with Crippen molar-refractivity contribution in [1.29, 1.82) is 0 Å². The summed E-state index contributed by atoms with van der Waals surface area (Å²) in [5, 5.41) is 13.0. The number of imidazole rings is 1. The lowest BCUT2D eigenvalue weighted by Gasteiger charge is -2.36. The smallest absolute Gasteiger partial charge is 0.165 e. The van der Waals surface area contributed by atoms with Crippen molar-refractivity contribution in [3.63, 3.8) is 0 Å². The highest BCUT2D eigenvalue weighted by molar-refractivity contribution is 5.39. The third-order valence-corrected chi connectivity index (χ3v) is 6.79. The molecule has 5 N–H and O–H groups in total. The first kappa shape index (κ1) is 19.0. The van der Waals surface area contributed by atoms with Gasteiger partial charge in [-0.1, -0.05) is 6.92 Å². The minimum Gasteiger partial charge on any atom is -0.505 e. The SMILES string of the molecule is CCc1cc(O)c(F)cc1C1CC(F)C2C(C1)NNC2c1nc2c([nH]1)CNCC2. The second kappa shape index (κ2) is 7.34. The van der Waals surface area contributed by atoms with Crippen molar-refractivity contribution >= 4 is 0 Å². The molecule has 5 rings (SSSR count). The number of rotatable bonds is 3. The van der Waals surface area contributed by atoms with Crippen LogP contribution in [0.15, 0.2) is 12.1 Å². The number of aromatic hydroxyl groups is 1. The van der Waals surface area contributed by atoms with Gasteiger partial charge in [0.1, 0.15) is 12.0 Å². The van der Waals surface area contributed by atoms with Crippen LogP contribution in [0.25, 0.3) is 0 Å². The van der Waals surface area contributed by atoms with E-state index in [0.717, 1.165) is 47.8 Å². The molecule has 5 atom stereocenters. The zero-order chi connectivity index (χ0) is 20.1. The molecule has 8 heteroatoms. The third-order valence-electron chi connectivity index (χ3n) is 6.79. The molecule has 1 saturated heterocycles. The Balaban J connectivity index is 1.39. The van der Waals surface area contributed by atoms with Crippen molar-refractivity contribution in [3.05, 3.63) is 46.3 Å². The molecule has 2 fully saturated rings. The molecular formula is C21H27F2N5O. The Morgan fingerprint density at radius 1 is 1.24 bits per heavy atom. The topological polar surface area (TPSA) is 85.0 Å². The molecule has 29 heavy (non-hydrogen) atoms. The summed E-state index contributed by atoms with van der Waals surface area (Å²) in [6, 6.07) is 2.60. The summed E-state index contributed by atoms with van der Waals surface area (Å²) in [6.45, 7) is 3.65. The van der Waals surface area contributed by atoms with Gasteiger partial charge in [0.15, 0.2) is 11.6 Å². The third kappa shape index (κ3) is 3.23. The Kier molecular flexibility index (Phi) is 4.80. The van der Waals surface area contributed by atoms with E-state index >= 15 is 4.39 Å². The number of fused-ring (bicyclic) bond motifs is 2. The van der Waals surface area contributed by atoms with E-state index in [0.29, 0.717) is 19.3 Å². The summed E-state index contributed by atoms with van der Waals surface area (Å²) in [5.41, 5.74) is 10.4. The van der Waals surface area contributed by atoms with Crippen LogP contribution >= 0.6 is 0 Å². The molecule has 1 saturated carbocycles. The molecule has 0 bridgehead atoms. The largest absolute Gasteiger partial charge is 0.505 e. The minimum absolute atomic E-state index is 0.0597. The Labute approximate surface area is 168 Å². The summed E-state index contributed by atoms with van der Waals surface area (Å²) in [7, 11) is 0. The van der Waals surface area contributed by atoms with E-state index in [1.165, 1.54) is 12.1 Å². The Morgan fingerprint density at radius 3 is 2.90 bits per heavy atom. The van der Waals surface area contributed by atoms with Gasteiger partial charge in [0.2, 0.25) is 0 Å². The quantitative estimate of drug-likeness (QED) is 0.544. The highest BCUT2D eigenvalue weighted by Crippen LogP contribution is 2.46. The number of hydrazine groups is 1. The van der Waals surface area contributed by atoms with Crippen LogP contribution in [0, 0.1) is 11.7 Å². The second-order valence-electron chi connectivity index (χ2n) is 8.46. The number of benzene rings is 1. The van der Waals surface area contributed by atoms with Crippen LogP contribution in [0.4, 0.5) is 8.78 Å². The van der Waals surface area contributed by atoms with Crippen LogP contribution < -0.4 is 16.2 Å². The van der Waals surface area contributed by atoms with Gasteiger partial charge >= 0.3 is 0 Å². The van der Waals surface area contributed by atoms with E-state index in [9.17, 15) is 9.50 Å². The molecular weight excluding hydrogens is 376 g/mol. The Bertz CT molecular complexity index is 893. The average molecular weight is 403 g/mol. The highest BCUT2D eigenvalue weighted by atomic mass is 19.1. The van der Waals surface area contributed by atoms with Gasteiger partial charge in [-0.25, -0.2) is 19.2 Å². The number of phenols is 1. The second-order valence-corrected chi connectivity index (χ2v) is 8.46. The molecule has 1 aromatic carbocycles. The maximum absolute atomic E-state index is 15.4. The summed E-state index contributed by atoms with van der Waals surface area (Å²) < 4.78 is 29.5. The maximum Gasteiger partial charge on any atom is 0.165 e. The lowest BCUT2D eigenvalue weighted by molar-refractivity contribution is 0.127. The van der Waals surface area contributed by atoms with Gasteiger partial charge in [0, 0.05) is 31.5 Å². The van der Waals surface area contributed by atoms with Gasteiger partial charge in [-0.15, -0.1) is 0 Å². The minimum atomic E-state index is -1.03. The maximum atomic E-state index is 15.4. The number of phenolic OH excluding ortho intramolecular Hbond substituents is 1. The predicted octanol–water partition coefficient (Wildman–Crippen LogP) is 2.51. The van der Waals surface area contributed by atoms with E-state index in [4.69, 9.17) is 4.98 Å². The molecule has 5 unspecified atom stereocenters. The number of alkyl halides is 1. The fourth-order valence-corrected chi connectivity index (χ4v) is 5.33. The normalized spacial score (nSPS) is 31.5. The predicted molar refractivity (Wildman–Crippen MR) is 105 cm³/mol. The van der Waals surface area contributed by atoms with Crippen molar-refractivity contribution in [1.82, 2.24) is 26.1 Å². The van der Waals surface area contributed by atoms with Crippen LogP contribution in [0.2, 0.25) is 0 Å². The Hall–Kier alpha value is -2.03. The molecule has 0 spiro atoms. The fourth-order valence-electron chi connectivity index (χ4n) is 5.33. The first-order chi connectivity index (χ1) is 14.0. The summed E-state index contributed by atoms with van der Waals surface area (Å²) in [6.07, 6.45) is 1.58. The number of halogens is 2. The number of nitrogens with one attached hydrogen (secondary N) is 4. The van der Waals surface area contributed by atoms with E-state index in [2.05, 4.69) is 21.2 Å². The van der Waals surface area contributed by atoms with Gasteiger partial charge < -0.3 is 15.4 Å². The van der Waals surface area contributed by atoms with Crippen molar-refractivity contribution in [2.75, 3.05) is 6.54 Å². The molecule has 3 aliphatic rings. The standard InChI is InChI=1S/C21H27F2N5O/c1-2-10-7-18(29)13(22)8-12(10)11-5-14(23)19-16(6-11)27-28-20(19)21-25-15-3-4-24-9-17(15)26-21/h7-8,11,14,16,19-20,24,27-29H,2-6,9H2,1H3,(H,25,26). The molecule has 156 valence electrons. The van der Waals surface area contributed by atoms with Gasteiger partial charge in [-0.3, -0.25) is 5.43 Å². The van der Waals surface area contributed by atoms with E-state index in [1.54, 1.807) is 0 Å². The molecule has 1 aliphatic carbocycles. The van der Waals surface area contributed by atoms with Gasteiger partial charge in [-0.05, 0) is 48.4 Å². The number of aryl methyl sites for hydroxylation is 1. The summed E-state index contributed by atoms with van der Waals surface area (Å²) >= 11 is 0. The highest BCUT2D eigenvalue weighted by Gasteiger charge is 2.48. The van der Waals surface area contributed by atoms with Crippen molar-refractivity contribution < 1.29 is 13.9 Å². The van der Waals surface area contributed by atoms with Gasteiger partial charge in [0.05, 0.1) is 17.4 Å². The van der Waals surface area contributed by atoms with Crippen molar-refractivity contribution in [3.8, 4) is 5.75 Å². The monoisotopic (exact) mass is 403 g/mol. The molecule has 0 radical (unpaired) electrons. The number of aromatic nitrogens is 2. The number of aromatic amines is 1. The molecule has 2 aromatic rings. The van der Waals surface area contributed by atoms with Crippen molar-refractivity contribution in [2.45, 2.75) is 63.3 Å². The fraction of sp³-hybridized carbons (Fsp3) is 0.571. The van der Waals surface area contributed by atoms with Crippen LogP contribution in [0.1, 0.15) is 60.1 Å². The number of hydrogen-bond acceptors (Lipinski definition) is 5. The summed E-state index contributed by atoms with van der Waals surface area (Å²) in [4.78, 5) is 8.13. The van der Waals surface area contributed by atoms with Crippen LogP contribution in [0.5, 0.6) is 5.75 Å². The lowest BCUT2D eigenvalue weighted by Crippen LogP contribution is -2.40. The average Bonchev–Trinajstić information content (AvgIpc) is 3.33.